The fourth-order valence-electron chi connectivity index (χ4n) is 3.78. The van der Waals surface area contributed by atoms with Gasteiger partial charge < -0.3 is 0 Å². The average Bonchev–Trinajstić information content (AvgIpc) is 3.44. The Labute approximate surface area is 221 Å². The summed E-state index contributed by atoms with van der Waals surface area (Å²) in [6.07, 6.45) is 5.58. The van der Waals surface area contributed by atoms with Crippen LogP contribution in [0.5, 0.6) is 0 Å². The maximum Gasteiger partial charge on any atom is 2.00 e. The van der Waals surface area contributed by atoms with Crippen LogP contribution in [0.25, 0.3) is 32.7 Å². The van der Waals surface area contributed by atoms with Gasteiger partial charge in [0.25, 0.3) is 0 Å². The van der Waals surface area contributed by atoms with Crippen LogP contribution in [-0.2, 0) is 21.7 Å². The monoisotopic (exact) mass is 496 g/mol. The van der Waals surface area contributed by atoms with Gasteiger partial charge in [-0.05, 0) is 25.8 Å². The zero-order valence-corrected chi connectivity index (χ0v) is 23.1. The van der Waals surface area contributed by atoms with Gasteiger partial charge in [-0.15, -0.1) is 82.8 Å². The van der Waals surface area contributed by atoms with Crippen LogP contribution in [0, 0.1) is 6.92 Å². The van der Waals surface area contributed by atoms with Crippen molar-refractivity contribution in [3.63, 3.8) is 0 Å². The molecule has 0 bridgehead atoms. The molecule has 0 amide bonds. The molecule has 5 rings (SSSR count). The van der Waals surface area contributed by atoms with Crippen molar-refractivity contribution in [2.45, 2.75) is 13.8 Å². The number of allylic oxidation sites excluding steroid dienone is 3. The predicted molar refractivity (Wildman–Crippen MR) is 153 cm³/mol. The van der Waals surface area contributed by atoms with Gasteiger partial charge >= 0.3 is 21.7 Å². The van der Waals surface area contributed by atoms with E-state index in [1.54, 1.807) is 6.08 Å². The van der Waals surface area contributed by atoms with Gasteiger partial charge in [-0.3, -0.25) is 0 Å². The first-order valence-corrected chi connectivity index (χ1v) is 13.5. The van der Waals surface area contributed by atoms with E-state index in [0.29, 0.717) is 0 Å². The van der Waals surface area contributed by atoms with Gasteiger partial charge in [0, 0.05) is 0 Å². The van der Waals surface area contributed by atoms with Crippen LogP contribution < -0.4 is 5.30 Å². The van der Waals surface area contributed by atoms with E-state index >= 15 is 0 Å². The molecular formula is C32H33PTi. The van der Waals surface area contributed by atoms with Gasteiger partial charge in [-0.25, -0.2) is 0 Å². The van der Waals surface area contributed by atoms with E-state index in [9.17, 15) is 0 Å². The van der Waals surface area contributed by atoms with Crippen molar-refractivity contribution in [2.24, 2.45) is 0 Å². The molecule has 0 aliphatic carbocycles. The Balaban J connectivity index is 0.000000202. The third-order valence-electron chi connectivity index (χ3n) is 5.43. The van der Waals surface area contributed by atoms with Crippen LogP contribution in [-0.4, -0.2) is 13.3 Å². The quantitative estimate of drug-likeness (QED) is 0.101. The Morgan fingerprint density at radius 3 is 2.09 bits per heavy atom. The standard InChI is InChI=1S/C16H13.C11H12P.C5H8.Ti/c1-12-10-14-8-5-9-15(16(14)11-12)13-6-3-2-4-7-13;1-12(2)11-7-9-5-3-4-6-10(9)8-11;1-3-5-4-2;/h2-11H,1H3;3-8H,1-2H3;3-5H,1H2,2H3;/q2*-1;;+2/b;;5-4+;. The van der Waals surface area contributed by atoms with Gasteiger partial charge in [-0.2, -0.15) is 12.1 Å². The SMILES string of the molecule is C=C/C=C/C.CP(C)c1cc2ccccc2[cH-]1.Cc1cc2c(-c3ccccc3)cccc2[cH-]1.[Ti+2]. The van der Waals surface area contributed by atoms with Crippen LogP contribution >= 0.6 is 7.92 Å². The largest absolute Gasteiger partial charge is 2.00 e. The molecule has 34 heavy (non-hydrogen) atoms. The van der Waals surface area contributed by atoms with Gasteiger partial charge in [0.2, 0.25) is 0 Å². The van der Waals surface area contributed by atoms with E-state index in [1.807, 2.05) is 19.1 Å². The molecule has 0 unspecified atom stereocenters. The zero-order valence-electron chi connectivity index (χ0n) is 20.6. The van der Waals surface area contributed by atoms with Crippen molar-refractivity contribution < 1.29 is 21.7 Å². The minimum atomic E-state index is 0. The van der Waals surface area contributed by atoms with E-state index in [2.05, 4.69) is 124 Å². The zero-order chi connectivity index (χ0) is 23.6. The molecule has 0 nitrogen and oxygen atoms in total. The molecule has 2 heteroatoms. The van der Waals surface area contributed by atoms with Crippen molar-refractivity contribution >= 4 is 34.8 Å². The molecule has 0 heterocycles. The minimum absolute atomic E-state index is 0. The normalized spacial score (nSPS) is 10.4. The van der Waals surface area contributed by atoms with E-state index < -0.39 is 0 Å². The molecule has 0 aliphatic rings. The second kappa shape index (κ2) is 14.0. The molecule has 0 saturated carbocycles. The van der Waals surface area contributed by atoms with E-state index in [-0.39, 0.29) is 29.6 Å². The summed E-state index contributed by atoms with van der Waals surface area (Å²) in [6, 6.07) is 34.7. The Morgan fingerprint density at radius 1 is 0.794 bits per heavy atom. The van der Waals surface area contributed by atoms with E-state index in [0.717, 1.165) is 0 Å². The molecule has 170 valence electrons. The minimum Gasteiger partial charge on any atom is -0.165 e. The Hall–Kier alpha value is -2.50. The number of rotatable bonds is 3. The summed E-state index contributed by atoms with van der Waals surface area (Å²) in [6.45, 7) is 12.2. The number of benzene rings is 3. The predicted octanol–water partition coefficient (Wildman–Crippen LogP) is 9.21. The number of aryl methyl sites for hydroxylation is 1. The fraction of sp³-hybridized carbons (Fsp3) is 0.125. The Morgan fingerprint density at radius 2 is 1.47 bits per heavy atom. The molecule has 5 aromatic carbocycles. The molecular weight excluding hydrogens is 463 g/mol. The third kappa shape index (κ3) is 7.51. The Kier molecular flexibility index (Phi) is 11.4. The van der Waals surface area contributed by atoms with Crippen molar-refractivity contribution in [3.8, 4) is 11.1 Å². The molecule has 0 radical (unpaired) electrons. The number of fused-ring (bicyclic) bond motifs is 2. The van der Waals surface area contributed by atoms with E-state index in [1.165, 1.54) is 43.5 Å². The van der Waals surface area contributed by atoms with Gasteiger partial charge in [0.1, 0.15) is 0 Å². The summed E-state index contributed by atoms with van der Waals surface area (Å²) < 4.78 is 0. The topological polar surface area (TPSA) is 0 Å². The number of hydrogen-bond donors (Lipinski definition) is 0. The van der Waals surface area contributed by atoms with Gasteiger partial charge in [-0.1, -0.05) is 79.8 Å². The van der Waals surface area contributed by atoms with Crippen molar-refractivity contribution in [2.75, 3.05) is 13.3 Å². The number of hydrogen-bond acceptors (Lipinski definition) is 0. The summed E-state index contributed by atoms with van der Waals surface area (Å²) in [5.41, 5.74) is 3.95. The van der Waals surface area contributed by atoms with Gasteiger partial charge in [0.15, 0.2) is 0 Å². The molecule has 0 aromatic heterocycles. The summed E-state index contributed by atoms with van der Waals surface area (Å²) in [5, 5.41) is 6.95. The smallest absolute Gasteiger partial charge is 0.165 e. The van der Waals surface area contributed by atoms with E-state index in [4.69, 9.17) is 0 Å². The first-order valence-electron chi connectivity index (χ1n) is 11.3. The maximum atomic E-state index is 3.46. The van der Waals surface area contributed by atoms with Crippen LogP contribution in [0.1, 0.15) is 12.5 Å². The summed E-state index contributed by atoms with van der Waals surface area (Å²) in [7, 11) is 0.0576. The maximum absolute atomic E-state index is 3.46. The summed E-state index contributed by atoms with van der Waals surface area (Å²) in [5.74, 6) is 0. The molecule has 0 aliphatic heterocycles. The Bertz CT molecular complexity index is 1290. The molecule has 0 N–H and O–H groups in total. The second-order valence-corrected chi connectivity index (χ2v) is 10.5. The van der Waals surface area contributed by atoms with Crippen molar-refractivity contribution in [3.05, 3.63) is 127 Å². The molecule has 5 aromatic rings. The second-order valence-electron chi connectivity index (χ2n) is 8.21. The first kappa shape index (κ1) is 27.7. The van der Waals surface area contributed by atoms with Crippen molar-refractivity contribution in [1.82, 2.24) is 0 Å². The molecule has 0 atom stereocenters. The molecule has 0 fully saturated rings. The van der Waals surface area contributed by atoms with Crippen LogP contribution in [0.15, 0.2) is 122 Å². The molecule has 0 saturated heterocycles. The van der Waals surface area contributed by atoms with Crippen LogP contribution in [0.4, 0.5) is 0 Å². The first-order chi connectivity index (χ1) is 16.0. The van der Waals surface area contributed by atoms with Crippen LogP contribution in [0.3, 0.4) is 0 Å². The molecule has 0 spiro atoms. The third-order valence-corrected chi connectivity index (χ3v) is 6.72. The average molecular weight is 496 g/mol. The van der Waals surface area contributed by atoms with Crippen LogP contribution in [0.2, 0.25) is 0 Å². The van der Waals surface area contributed by atoms with Crippen molar-refractivity contribution in [1.29, 1.82) is 0 Å². The summed E-state index contributed by atoms with van der Waals surface area (Å²) >= 11 is 0. The summed E-state index contributed by atoms with van der Waals surface area (Å²) in [4.78, 5) is 0. The fourth-order valence-corrected chi connectivity index (χ4v) is 4.58. The van der Waals surface area contributed by atoms with Gasteiger partial charge in [0.05, 0.1) is 0 Å².